The van der Waals surface area contributed by atoms with Crippen LogP contribution in [0.1, 0.15) is 25.5 Å². The van der Waals surface area contributed by atoms with Crippen molar-refractivity contribution < 1.29 is 14.0 Å². The van der Waals surface area contributed by atoms with Gasteiger partial charge in [-0.15, -0.1) is 0 Å². The van der Waals surface area contributed by atoms with E-state index in [0.717, 1.165) is 12.2 Å². The van der Waals surface area contributed by atoms with Crippen LogP contribution in [-0.4, -0.2) is 23.0 Å². The maximum absolute atomic E-state index is 11.3. The van der Waals surface area contributed by atoms with Crippen molar-refractivity contribution in [2.75, 3.05) is 0 Å². The number of rotatable bonds is 5. The molecule has 0 saturated carbocycles. The zero-order valence-corrected chi connectivity index (χ0v) is 9.82. The van der Waals surface area contributed by atoms with Gasteiger partial charge in [0.1, 0.15) is 5.76 Å². The second-order valence-corrected chi connectivity index (χ2v) is 3.53. The minimum absolute atomic E-state index is 0.313. The Bertz CT molecular complexity index is 402. The highest BCUT2D eigenvalue weighted by molar-refractivity contribution is 5.96. The van der Waals surface area contributed by atoms with Gasteiger partial charge in [0.2, 0.25) is 11.8 Å². The van der Waals surface area contributed by atoms with Crippen LogP contribution in [0.25, 0.3) is 0 Å². The van der Waals surface area contributed by atoms with Gasteiger partial charge < -0.3 is 10.2 Å². The second kappa shape index (κ2) is 6.00. The smallest absolute Gasteiger partial charge is 0.318 e. The molecule has 1 heterocycles. The van der Waals surface area contributed by atoms with Crippen molar-refractivity contribution in [2.24, 2.45) is 5.73 Å². The molecule has 1 aromatic rings. The Morgan fingerprint density at radius 2 is 2.29 bits per heavy atom. The summed E-state index contributed by atoms with van der Waals surface area (Å²) in [6, 6.07) is -1.42. The van der Waals surface area contributed by atoms with Gasteiger partial charge in [-0.1, -0.05) is 6.92 Å². The number of urea groups is 1. The van der Waals surface area contributed by atoms with Gasteiger partial charge in [0.25, 0.3) is 0 Å². The lowest BCUT2D eigenvalue weighted by Crippen LogP contribution is -2.46. The number of nitrogens with two attached hydrogens (primary N) is 1. The van der Waals surface area contributed by atoms with E-state index in [9.17, 15) is 9.59 Å². The molecule has 94 valence electrons. The average Bonchev–Trinajstić information content (AvgIpc) is 2.72. The van der Waals surface area contributed by atoms with Gasteiger partial charge in [0.15, 0.2) is 0 Å². The SMILES string of the molecule is CCc1cnc(CNC(C)C(=O)NC(N)=O)o1. The fourth-order valence-corrected chi connectivity index (χ4v) is 1.16. The van der Waals surface area contributed by atoms with Crippen molar-refractivity contribution in [1.29, 1.82) is 0 Å². The van der Waals surface area contributed by atoms with E-state index in [4.69, 9.17) is 10.2 Å². The summed E-state index contributed by atoms with van der Waals surface area (Å²) in [5.41, 5.74) is 4.83. The maximum atomic E-state index is 11.3. The Kier molecular flexibility index (Phi) is 4.65. The van der Waals surface area contributed by atoms with Crippen LogP contribution >= 0.6 is 0 Å². The number of carbonyl (C=O) groups is 2. The van der Waals surface area contributed by atoms with E-state index in [1.54, 1.807) is 13.1 Å². The van der Waals surface area contributed by atoms with Crippen LogP contribution in [0.15, 0.2) is 10.6 Å². The fourth-order valence-electron chi connectivity index (χ4n) is 1.16. The summed E-state index contributed by atoms with van der Waals surface area (Å²) in [6.45, 7) is 3.88. The Morgan fingerprint density at radius 1 is 1.59 bits per heavy atom. The van der Waals surface area contributed by atoms with Crippen molar-refractivity contribution in [1.82, 2.24) is 15.6 Å². The largest absolute Gasteiger partial charge is 0.444 e. The predicted molar refractivity (Wildman–Crippen MR) is 59.9 cm³/mol. The molecule has 1 unspecified atom stereocenters. The highest BCUT2D eigenvalue weighted by Gasteiger charge is 2.14. The molecule has 0 aromatic carbocycles. The Hall–Kier alpha value is -1.89. The summed E-state index contributed by atoms with van der Waals surface area (Å²) in [5, 5.41) is 4.85. The van der Waals surface area contributed by atoms with E-state index in [0.29, 0.717) is 12.4 Å². The third-order valence-corrected chi connectivity index (χ3v) is 2.15. The molecular weight excluding hydrogens is 224 g/mol. The minimum Gasteiger partial charge on any atom is -0.444 e. The van der Waals surface area contributed by atoms with Gasteiger partial charge in [-0.05, 0) is 6.92 Å². The highest BCUT2D eigenvalue weighted by Crippen LogP contribution is 2.03. The molecule has 0 saturated heterocycles. The number of nitrogens with one attached hydrogen (secondary N) is 2. The number of nitrogens with zero attached hydrogens (tertiary/aromatic N) is 1. The molecule has 0 aliphatic carbocycles. The molecule has 1 rings (SSSR count). The second-order valence-electron chi connectivity index (χ2n) is 3.53. The van der Waals surface area contributed by atoms with Crippen LogP contribution in [0.4, 0.5) is 4.79 Å². The van der Waals surface area contributed by atoms with Crippen molar-refractivity contribution >= 4 is 11.9 Å². The topological polar surface area (TPSA) is 110 Å². The lowest BCUT2D eigenvalue weighted by Gasteiger charge is -2.10. The molecule has 0 radical (unpaired) electrons. The zero-order chi connectivity index (χ0) is 12.8. The van der Waals surface area contributed by atoms with Gasteiger partial charge in [0, 0.05) is 6.42 Å². The molecule has 0 spiro atoms. The summed E-state index contributed by atoms with van der Waals surface area (Å²) >= 11 is 0. The first-order chi connectivity index (χ1) is 8.02. The summed E-state index contributed by atoms with van der Waals surface area (Å²) in [4.78, 5) is 25.8. The van der Waals surface area contributed by atoms with Gasteiger partial charge in [-0.25, -0.2) is 9.78 Å². The molecule has 7 nitrogen and oxygen atoms in total. The summed E-state index contributed by atoms with van der Waals surface area (Å²) in [5.74, 6) is 0.802. The van der Waals surface area contributed by atoms with Crippen molar-refractivity contribution in [3.8, 4) is 0 Å². The zero-order valence-electron chi connectivity index (χ0n) is 9.82. The number of hydrogen-bond donors (Lipinski definition) is 3. The average molecular weight is 240 g/mol. The minimum atomic E-state index is -0.868. The van der Waals surface area contributed by atoms with E-state index in [1.807, 2.05) is 12.2 Å². The van der Waals surface area contributed by atoms with E-state index in [-0.39, 0.29) is 0 Å². The number of hydrogen-bond acceptors (Lipinski definition) is 5. The number of primary amides is 1. The van der Waals surface area contributed by atoms with Crippen LogP contribution < -0.4 is 16.4 Å². The molecule has 3 amide bonds. The number of imide groups is 1. The lowest BCUT2D eigenvalue weighted by atomic mass is 10.3. The van der Waals surface area contributed by atoms with Gasteiger partial charge in [-0.3, -0.25) is 15.4 Å². The highest BCUT2D eigenvalue weighted by atomic mass is 16.4. The van der Waals surface area contributed by atoms with Crippen LogP contribution in [0.3, 0.4) is 0 Å². The van der Waals surface area contributed by atoms with Crippen molar-refractivity contribution in [3.05, 3.63) is 17.8 Å². The molecule has 1 aromatic heterocycles. The van der Waals surface area contributed by atoms with Crippen molar-refractivity contribution in [3.63, 3.8) is 0 Å². The van der Waals surface area contributed by atoms with E-state index >= 15 is 0 Å². The van der Waals surface area contributed by atoms with E-state index in [2.05, 4.69) is 10.3 Å². The van der Waals surface area contributed by atoms with Gasteiger partial charge in [0.05, 0.1) is 18.8 Å². The third-order valence-electron chi connectivity index (χ3n) is 2.15. The monoisotopic (exact) mass is 240 g/mol. The first-order valence-electron chi connectivity index (χ1n) is 5.30. The predicted octanol–water partition coefficient (Wildman–Crippen LogP) is -0.0900. The van der Waals surface area contributed by atoms with Crippen molar-refractivity contribution in [2.45, 2.75) is 32.9 Å². The van der Waals surface area contributed by atoms with Gasteiger partial charge in [-0.2, -0.15) is 0 Å². The van der Waals surface area contributed by atoms with Crippen LogP contribution in [0.2, 0.25) is 0 Å². The number of oxazole rings is 1. The molecule has 4 N–H and O–H groups in total. The Balaban J connectivity index is 2.39. The lowest BCUT2D eigenvalue weighted by molar-refractivity contribution is -0.121. The van der Waals surface area contributed by atoms with Crippen LogP contribution in [-0.2, 0) is 17.8 Å². The molecule has 1 atom stereocenters. The summed E-state index contributed by atoms with van der Waals surface area (Å²) in [6.07, 6.45) is 2.41. The van der Waals surface area contributed by atoms with E-state index < -0.39 is 18.0 Å². The van der Waals surface area contributed by atoms with Gasteiger partial charge >= 0.3 is 6.03 Å². The van der Waals surface area contributed by atoms with Crippen LogP contribution in [0, 0.1) is 0 Å². The Labute approximate surface area is 98.8 Å². The molecule has 0 bridgehead atoms. The number of aryl methyl sites for hydroxylation is 1. The van der Waals surface area contributed by atoms with Crippen LogP contribution in [0.5, 0.6) is 0 Å². The first kappa shape index (κ1) is 13.2. The normalized spacial score (nSPS) is 12.1. The molecule has 0 aliphatic heterocycles. The molecule has 7 heteroatoms. The quantitative estimate of drug-likeness (QED) is 0.666. The Morgan fingerprint density at radius 3 is 2.82 bits per heavy atom. The van der Waals surface area contributed by atoms with E-state index in [1.165, 1.54) is 0 Å². The first-order valence-corrected chi connectivity index (χ1v) is 5.30. The molecule has 0 aliphatic rings. The number of aromatic nitrogens is 1. The third kappa shape index (κ3) is 4.23. The summed E-state index contributed by atoms with van der Waals surface area (Å²) in [7, 11) is 0. The molecular formula is C10H16N4O3. The number of carbonyl (C=O) groups excluding carboxylic acids is 2. The number of amides is 3. The molecule has 17 heavy (non-hydrogen) atoms. The standard InChI is InChI=1S/C10H16N4O3/c1-3-7-4-13-8(17-7)5-12-6(2)9(15)14-10(11)16/h4,6,12H,3,5H2,1-2H3,(H3,11,14,15,16). The maximum Gasteiger partial charge on any atom is 0.318 e. The molecule has 0 fully saturated rings. The summed E-state index contributed by atoms with van der Waals surface area (Å²) < 4.78 is 5.35. The fraction of sp³-hybridized carbons (Fsp3) is 0.500.